The Labute approximate surface area is 229 Å². The molecule has 0 spiro atoms. The zero-order valence-corrected chi connectivity index (χ0v) is 22.2. The number of ether oxygens (including phenoxy) is 1. The molecule has 4 heterocycles. The Bertz CT molecular complexity index is 1530. The lowest BCUT2D eigenvalue weighted by Crippen LogP contribution is -2.39. The number of pyridine rings is 2. The molecule has 0 radical (unpaired) electrons. The van der Waals surface area contributed by atoms with Crippen LogP contribution in [0.15, 0.2) is 42.7 Å². The Kier molecular flexibility index (Phi) is 7.94. The Morgan fingerprint density at radius 3 is 2.55 bits per heavy atom. The highest BCUT2D eigenvalue weighted by Gasteiger charge is 2.27. The molecule has 0 aliphatic carbocycles. The van der Waals surface area contributed by atoms with Crippen molar-refractivity contribution in [3.63, 3.8) is 0 Å². The van der Waals surface area contributed by atoms with Crippen LogP contribution in [-0.4, -0.2) is 61.5 Å². The Morgan fingerprint density at radius 2 is 1.85 bits per heavy atom. The van der Waals surface area contributed by atoms with Crippen LogP contribution < -0.4 is 5.32 Å². The number of aryl methyl sites for hydroxylation is 1. The third-order valence-electron chi connectivity index (χ3n) is 7.00. The number of piperidine rings is 1. The van der Waals surface area contributed by atoms with Gasteiger partial charge in [-0.1, -0.05) is 18.2 Å². The number of amides is 2. The molecular formula is C28H29F2N7O3. The van der Waals surface area contributed by atoms with Gasteiger partial charge in [0.2, 0.25) is 0 Å². The van der Waals surface area contributed by atoms with Crippen molar-refractivity contribution in [3.8, 4) is 11.3 Å². The van der Waals surface area contributed by atoms with Gasteiger partial charge in [0.05, 0.1) is 29.2 Å². The van der Waals surface area contributed by atoms with E-state index in [0.717, 1.165) is 12.0 Å². The predicted octanol–water partition coefficient (Wildman–Crippen LogP) is 4.45. The molecule has 0 bridgehead atoms. The van der Waals surface area contributed by atoms with Crippen molar-refractivity contribution in [2.75, 3.05) is 19.6 Å². The summed E-state index contributed by atoms with van der Waals surface area (Å²) >= 11 is 0. The van der Waals surface area contributed by atoms with Crippen molar-refractivity contribution >= 4 is 23.0 Å². The first-order valence-corrected chi connectivity index (χ1v) is 13.2. The lowest BCUT2D eigenvalue weighted by Gasteiger charge is -2.31. The summed E-state index contributed by atoms with van der Waals surface area (Å²) in [5.41, 5.74) is 2.67. The number of likely N-dealkylation sites (tertiary alicyclic amines) is 1. The summed E-state index contributed by atoms with van der Waals surface area (Å²) < 4.78 is 36.6. The van der Waals surface area contributed by atoms with Crippen LogP contribution in [0, 0.1) is 11.6 Å². The molecule has 1 aliphatic rings. The number of rotatable bonds is 7. The van der Waals surface area contributed by atoms with Gasteiger partial charge in [0, 0.05) is 31.4 Å². The molecule has 1 N–H and O–H groups in total. The topological polar surface area (TPSA) is 115 Å². The molecule has 0 unspecified atom stereocenters. The Balaban J connectivity index is 1.23. The second-order valence-corrected chi connectivity index (χ2v) is 9.52. The summed E-state index contributed by atoms with van der Waals surface area (Å²) in [7, 11) is 0. The van der Waals surface area contributed by atoms with E-state index in [9.17, 15) is 18.4 Å². The van der Waals surface area contributed by atoms with E-state index < -0.39 is 17.5 Å². The number of fused-ring (bicyclic) bond motifs is 1. The molecule has 40 heavy (non-hydrogen) atoms. The Hall–Kier alpha value is -4.48. The maximum absolute atomic E-state index is 14.8. The van der Waals surface area contributed by atoms with Gasteiger partial charge < -0.3 is 15.0 Å². The standard InChI is InChI=1S/C28H29F2N7O3/c1-3-17-5-6-18(32-14-17)16-40-28(39)36-11-9-19(10-12-36)37-24-15-33-22(13-23(24)34-35-37)20-7-8-21(26(30)25(20)29)27(38)31-4-2/h5-8,13-15,19H,3-4,9-12,16H2,1-2H3,(H,31,38). The molecule has 0 saturated carbocycles. The molecule has 12 heteroatoms. The highest BCUT2D eigenvalue weighted by Crippen LogP contribution is 2.29. The van der Waals surface area contributed by atoms with Gasteiger partial charge >= 0.3 is 6.09 Å². The minimum absolute atomic E-state index is 0.0181. The normalized spacial score (nSPS) is 13.9. The van der Waals surface area contributed by atoms with E-state index >= 15 is 0 Å². The van der Waals surface area contributed by atoms with Crippen molar-refractivity contribution in [2.45, 2.75) is 45.8 Å². The summed E-state index contributed by atoms with van der Waals surface area (Å²) in [6.45, 7) is 5.13. The lowest BCUT2D eigenvalue weighted by atomic mass is 10.0. The smallest absolute Gasteiger partial charge is 0.410 e. The molecule has 1 fully saturated rings. The third-order valence-corrected chi connectivity index (χ3v) is 7.00. The molecule has 1 aliphatic heterocycles. The van der Waals surface area contributed by atoms with E-state index in [1.807, 2.05) is 12.1 Å². The number of nitrogens with one attached hydrogen (secondary N) is 1. The van der Waals surface area contributed by atoms with Gasteiger partial charge in [-0.3, -0.25) is 14.8 Å². The fraction of sp³-hybridized carbons (Fsp3) is 0.357. The first-order chi connectivity index (χ1) is 19.4. The number of benzene rings is 1. The van der Waals surface area contributed by atoms with Crippen LogP contribution in [-0.2, 0) is 17.8 Å². The summed E-state index contributed by atoms with van der Waals surface area (Å²) in [4.78, 5) is 34.8. The molecule has 208 valence electrons. The molecule has 3 aromatic heterocycles. The monoisotopic (exact) mass is 549 g/mol. The molecule has 0 atom stereocenters. The predicted molar refractivity (Wildman–Crippen MR) is 142 cm³/mol. The number of carbonyl (C=O) groups is 2. The zero-order valence-electron chi connectivity index (χ0n) is 22.2. The lowest BCUT2D eigenvalue weighted by molar-refractivity contribution is 0.0814. The van der Waals surface area contributed by atoms with E-state index in [2.05, 4.69) is 32.5 Å². The number of halogens is 2. The SMILES string of the molecule is CCNC(=O)c1ccc(-c2cc3nnn(C4CCN(C(=O)OCc5ccc(CC)cn5)CC4)c3cn2)c(F)c1F. The summed E-state index contributed by atoms with van der Waals surface area (Å²) in [5, 5.41) is 10.9. The third kappa shape index (κ3) is 5.47. The van der Waals surface area contributed by atoms with Gasteiger partial charge in [0.1, 0.15) is 17.6 Å². The van der Waals surface area contributed by atoms with Crippen molar-refractivity contribution in [2.24, 2.45) is 0 Å². The van der Waals surface area contributed by atoms with Crippen molar-refractivity contribution in [1.82, 2.24) is 35.2 Å². The van der Waals surface area contributed by atoms with Crippen LogP contribution >= 0.6 is 0 Å². The second-order valence-electron chi connectivity index (χ2n) is 9.52. The minimum Gasteiger partial charge on any atom is -0.443 e. The van der Waals surface area contributed by atoms with E-state index in [0.29, 0.717) is 49.2 Å². The molecule has 10 nitrogen and oxygen atoms in total. The quantitative estimate of drug-likeness (QED) is 0.362. The number of nitrogens with zero attached hydrogens (tertiary/aromatic N) is 6. The first kappa shape index (κ1) is 27.1. The van der Waals surface area contributed by atoms with Crippen LogP contribution in [0.1, 0.15) is 54.3 Å². The summed E-state index contributed by atoms with van der Waals surface area (Å²) in [5.74, 6) is -3.07. The maximum atomic E-state index is 14.8. The number of carbonyl (C=O) groups excluding carboxylic acids is 2. The molecule has 2 amide bonds. The van der Waals surface area contributed by atoms with Gasteiger partial charge in [0.15, 0.2) is 11.6 Å². The molecule has 1 aromatic carbocycles. The van der Waals surface area contributed by atoms with E-state index in [-0.39, 0.29) is 35.6 Å². The molecule has 4 aromatic rings. The van der Waals surface area contributed by atoms with Crippen LogP contribution in [0.3, 0.4) is 0 Å². The van der Waals surface area contributed by atoms with Crippen LogP contribution in [0.25, 0.3) is 22.3 Å². The fourth-order valence-corrected chi connectivity index (χ4v) is 4.70. The highest BCUT2D eigenvalue weighted by atomic mass is 19.2. The maximum Gasteiger partial charge on any atom is 0.410 e. The van der Waals surface area contributed by atoms with E-state index in [1.165, 1.54) is 24.4 Å². The van der Waals surface area contributed by atoms with Gasteiger partial charge in [-0.2, -0.15) is 0 Å². The largest absolute Gasteiger partial charge is 0.443 e. The Morgan fingerprint density at radius 1 is 1.05 bits per heavy atom. The van der Waals surface area contributed by atoms with Crippen molar-refractivity contribution in [1.29, 1.82) is 0 Å². The van der Waals surface area contributed by atoms with Gasteiger partial charge in [-0.15, -0.1) is 5.10 Å². The number of hydrogen-bond donors (Lipinski definition) is 1. The summed E-state index contributed by atoms with van der Waals surface area (Å²) in [6.07, 6.45) is 5.10. The molecule has 1 saturated heterocycles. The van der Waals surface area contributed by atoms with Crippen LogP contribution in [0.2, 0.25) is 0 Å². The van der Waals surface area contributed by atoms with Crippen molar-refractivity contribution < 1.29 is 23.1 Å². The molecular weight excluding hydrogens is 520 g/mol. The highest BCUT2D eigenvalue weighted by molar-refractivity contribution is 5.95. The first-order valence-electron chi connectivity index (χ1n) is 13.2. The van der Waals surface area contributed by atoms with Crippen LogP contribution in [0.5, 0.6) is 0 Å². The van der Waals surface area contributed by atoms with Gasteiger partial charge in [-0.25, -0.2) is 18.3 Å². The molecule has 5 rings (SSSR count). The number of hydrogen-bond acceptors (Lipinski definition) is 7. The zero-order chi connectivity index (χ0) is 28.2. The fourth-order valence-electron chi connectivity index (χ4n) is 4.70. The van der Waals surface area contributed by atoms with Gasteiger partial charge in [-0.05, 0) is 56.0 Å². The van der Waals surface area contributed by atoms with E-state index in [1.54, 1.807) is 22.7 Å². The minimum atomic E-state index is -1.23. The average Bonchev–Trinajstić information content (AvgIpc) is 3.41. The second kappa shape index (κ2) is 11.7. The van der Waals surface area contributed by atoms with Crippen LogP contribution in [0.4, 0.5) is 13.6 Å². The van der Waals surface area contributed by atoms with Crippen molar-refractivity contribution in [3.05, 3.63) is 71.2 Å². The average molecular weight is 550 g/mol. The van der Waals surface area contributed by atoms with Gasteiger partial charge in [0.25, 0.3) is 5.91 Å². The summed E-state index contributed by atoms with van der Waals surface area (Å²) in [6, 6.07) is 7.91. The number of aromatic nitrogens is 5. The van der Waals surface area contributed by atoms with E-state index in [4.69, 9.17) is 4.74 Å².